The van der Waals surface area contributed by atoms with Crippen molar-refractivity contribution in [1.29, 1.82) is 0 Å². The SMILES string of the molecule is Cc1cnc(C(=O)N(C)CCC(=O)O)o1. The monoisotopic (exact) mass is 212 g/mol. The van der Waals surface area contributed by atoms with Gasteiger partial charge in [0.25, 0.3) is 5.89 Å². The van der Waals surface area contributed by atoms with Gasteiger partial charge < -0.3 is 14.4 Å². The van der Waals surface area contributed by atoms with Crippen LogP contribution < -0.4 is 0 Å². The van der Waals surface area contributed by atoms with Crippen molar-refractivity contribution in [3.8, 4) is 0 Å². The zero-order valence-corrected chi connectivity index (χ0v) is 8.56. The molecule has 0 aliphatic heterocycles. The molecule has 0 aromatic carbocycles. The number of carboxylic acid groups (broad SMARTS) is 1. The fourth-order valence-corrected chi connectivity index (χ4v) is 0.982. The number of aliphatic carboxylic acids is 1. The van der Waals surface area contributed by atoms with Crippen LogP contribution >= 0.6 is 0 Å². The summed E-state index contributed by atoms with van der Waals surface area (Å²) in [5, 5.41) is 8.44. The zero-order chi connectivity index (χ0) is 11.4. The van der Waals surface area contributed by atoms with E-state index in [0.717, 1.165) is 0 Å². The number of carboxylic acids is 1. The van der Waals surface area contributed by atoms with Crippen LogP contribution in [0.1, 0.15) is 22.9 Å². The summed E-state index contributed by atoms with van der Waals surface area (Å²) < 4.78 is 5.02. The number of hydrogen-bond acceptors (Lipinski definition) is 4. The molecule has 0 saturated heterocycles. The van der Waals surface area contributed by atoms with Crippen LogP contribution in [0.15, 0.2) is 10.6 Å². The predicted octanol–water partition coefficient (Wildman–Crippen LogP) is 0.530. The molecule has 0 spiro atoms. The number of amides is 1. The Morgan fingerprint density at radius 3 is 2.73 bits per heavy atom. The van der Waals surface area contributed by atoms with E-state index < -0.39 is 11.9 Å². The summed E-state index contributed by atoms with van der Waals surface area (Å²) in [7, 11) is 1.50. The Hall–Kier alpha value is -1.85. The lowest BCUT2D eigenvalue weighted by molar-refractivity contribution is -0.137. The van der Waals surface area contributed by atoms with Crippen LogP contribution in [-0.2, 0) is 4.79 Å². The first kappa shape index (κ1) is 11.2. The van der Waals surface area contributed by atoms with E-state index in [1.165, 1.54) is 18.1 Å². The second-order valence-corrected chi connectivity index (χ2v) is 3.15. The molecule has 0 atom stereocenters. The third-order valence-corrected chi connectivity index (χ3v) is 1.81. The van der Waals surface area contributed by atoms with E-state index in [4.69, 9.17) is 9.52 Å². The first-order valence-electron chi connectivity index (χ1n) is 4.40. The summed E-state index contributed by atoms with van der Waals surface area (Å²) in [6, 6.07) is 0. The lowest BCUT2D eigenvalue weighted by Gasteiger charge is -2.12. The first-order chi connectivity index (χ1) is 7.00. The molecule has 1 rings (SSSR count). The number of hydrogen-bond donors (Lipinski definition) is 1. The second-order valence-electron chi connectivity index (χ2n) is 3.15. The highest BCUT2D eigenvalue weighted by molar-refractivity contribution is 5.89. The molecular formula is C9H12N2O4. The Morgan fingerprint density at radius 2 is 2.27 bits per heavy atom. The van der Waals surface area contributed by atoms with Gasteiger partial charge >= 0.3 is 11.9 Å². The van der Waals surface area contributed by atoms with Gasteiger partial charge in [0, 0.05) is 13.6 Å². The highest BCUT2D eigenvalue weighted by Crippen LogP contribution is 2.04. The third-order valence-electron chi connectivity index (χ3n) is 1.81. The maximum atomic E-state index is 11.5. The molecule has 1 aromatic heterocycles. The molecule has 0 saturated carbocycles. The van der Waals surface area contributed by atoms with Gasteiger partial charge in [-0.3, -0.25) is 9.59 Å². The topological polar surface area (TPSA) is 83.6 Å². The fraction of sp³-hybridized carbons (Fsp3) is 0.444. The number of carbonyl (C=O) groups excluding carboxylic acids is 1. The lowest BCUT2D eigenvalue weighted by atomic mass is 10.4. The Labute approximate surface area is 86.5 Å². The van der Waals surface area contributed by atoms with Crippen LogP contribution in [0.2, 0.25) is 0 Å². The van der Waals surface area contributed by atoms with Crippen LogP contribution in [0.5, 0.6) is 0 Å². The number of rotatable bonds is 4. The minimum absolute atomic E-state index is 0.0135. The van der Waals surface area contributed by atoms with E-state index in [0.29, 0.717) is 5.76 Å². The number of carbonyl (C=O) groups is 2. The average Bonchev–Trinajstić information content (AvgIpc) is 2.60. The Kier molecular flexibility index (Phi) is 3.43. The second kappa shape index (κ2) is 4.59. The molecule has 1 N–H and O–H groups in total. The van der Waals surface area contributed by atoms with Crippen molar-refractivity contribution in [2.24, 2.45) is 0 Å². The summed E-state index contributed by atoms with van der Waals surface area (Å²) >= 11 is 0. The van der Waals surface area contributed by atoms with E-state index in [9.17, 15) is 9.59 Å². The Balaban J connectivity index is 2.57. The number of aryl methyl sites for hydroxylation is 1. The molecule has 82 valence electrons. The van der Waals surface area contributed by atoms with Gasteiger partial charge in [-0.1, -0.05) is 0 Å². The largest absolute Gasteiger partial charge is 0.481 e. The van der Waals surface area contributed by atoms with Gasteiger partial charge in [0.1, 0.15) is 5.76 Å². The molecule has 0 radical (unpaired) electrons. The maximum Gasteiger partial charge on any atom is 0.309 e. The van der Waals surface area contributed by atoms with Crippen molar-refractivity contribution >= 4 is 11.9 Å². The molecule has 0 unspecified atom stereocenters. The van der Waals surface area contributed by atoms with Crippen molar-refractivity contribution in [2.75, 3.05) is 13.6 Å². The molecule has 0 aliphatic carbocycles. The molecule has 1 amide bonds. The van der Waals surface area contributed by atoms with Gasteiger partial charge in [-0.05, 0) is 6.92 Å². The minimum atomic E-state index is -0.946. The minimum Gasteiger partial charge on any atom is -0.481 e. The zero-order valence-electron chi connectivity index (χ0n) is 8.56. The summed E-state index contributed by atoms with van der Waals surface area (Å²) in [6.45, 7) is 1.82. The number of oxazole rings is 1. The van der Waals surface area contributed by atoms with Gasteiger partial charge in [0.05, 0.1) is 12.6 Å². The van der Waals surface area contributed by atoms with Crippen molar-refractivity contribution in [2.45, 2.75) is 13.3 Å². The Morgan fingerprint density at radius 1 is 1.60 bits per heavy atom. The van der Waals surface area contributed by atoms with E-state index in [1.54, 1.807) is 6.92 Å². The van der Waals surface area contributed by atoms with Crippen molar-refractivity contribution in [1.82, 2.24) is 9.88 Å². The molecule has 1 heterocycles. The highest BCUT2D eigenvalue weighted by atomic mass is 16.4. The van der Waals surface area contributed by atoms with Gasteiger partial charge in [-0.25, -0.2) is 4.98 Å². The normalized spacial score (nSPS) is 10.0. The van der Waals surface area contributed by atoms with Crippen molar-refractivity contribution < 1.29 is 19.1 Å². The van der Waals surface area contributed by atoms with E-state index in [2.05, 4.69) is 4.98 Å². The van der Waals surface area contributed by atoms with Gasteiger partial charge in [-0.15, -0.1) is 0 Å². The summed E-state index contributed by atoms with van der Waals surface area (Å²) in [5.41, 5.74) is 0. The van der Waals surface area contributed by atoms with Crippen LogP contribution in [0, 0.1) is 6.92 Å². The fourth-order valence-electron chi connectivity index (χ4n) is 0.982. The van der Waals surface area contributed by atoms with Crippen molar-refractivity contribution in [3.05, 3.63) is 17.8 Å². The number of nitrogens with zero attached hydrogens (tertiary/aromatic N) is 2. The van der Waals surface area contributed by atoms with Crippen LogP contribution in [0.25, 0.3) is 0 Å². The highest BCUT2D eigenvalue weighted by Gasteiger charge is 2.17. The van der Waals surface area contributed by atoms with Crippen LogP contribution in [-0.4, -0.2) is 40.5 Å². The summed E-state index contributed by atoms with van der Waals surface area (Å²) in [5.74, 6) is -0.826. The molecule has 6 nitrogen and oxygen atoms in total. The van der Waals surface area contributed by atoms with E-state index >= 15 is 0 Å². The average molecular weight is 212 g/mol. The molecule has 6 heteroatoms. The molecule has 0 fully saturated rings. The van der Waals surface area contributed by atoms with Gasteiger partial charge in [0.2, 0.25) is 0 Å². The van der Waals surface area contributed by atoms with Crippen LogP contribution in [0.3, 0.4) is 0 Å². The third kappa shape index (κ3) is 3.08. The first-order valence-corrected chi connectivity index (χ1v) is 4.40. The standard InChI is InChI=1S/C9H12N2O4/c1-6-5-10-8(15-6)9(14)11(2)4-3-7(12)13/h5H,3-4H2,1-2H3,(H,12,13). The molecule has 0 aliphatic rings. The molecule has 1 aromatic rings. The van der Waals surface area contributed by atoms with Gasteiger partial charge in [-0.2, -0.15) is 0 Å². The molecule has 15 heavy (non-hydrogen) atoms. The van der Waals surface area contributed by atoms with E-state index in [-0.39, 0.29) is 18.9 Å². The smallest absolute Gasteiger partial charge is 0.309 e. The summed E-state index contributed by atoms with van der Waals surface area (Å²) in [4.78, 5) is 26.9. The molecule has 0 bridgehead atoms. The lowest BCUT2D eigenvalue weighted by Crippen LogP contribution is -2.29. The summed E-state index contributed by atoms with van der Waals surface area (Å²) in [6.07, 6.45) is 1.35. The maximum absolute atomic E-state index is 11.5. The van der Waals surface area contributed by atoms with E-state index in [1.807, 2.05) is 0 Å². The quantitative estimate of drug-likeness (QED) is 0.787. The van der Waals surface area contributed by atoms with Crippen molar-refractivity contribution in [3.63, 3.8) is 0 Å². The Bertz CT molecular complexity index is 372. The van der Waals surface area contributed by atoms with Gasteiger partial charge in [0.15, 0.2) is 0 Å². The van der Waals surface area contributed by atoms with Crippen LogP contribution in [0.4, 0.5) is 0 Å². The number of aromatic nitrogens is 1. The predicted molar refractivity (Wildman–Crippen MR) is 50.5 cm³/mol. The molecular weight excluding hydrogens is 200 g/mol.